The number of hydrogen-bond donors (Lipinski definition) is 2. The number of benzene rings is 1. The lowest BCUT2D eigenvalue weighted by molar-refractivity contribution is 0.0522. The maximum Gasteiger partial charge on any atom is 0.407 e. The predicted octanol–water partition coefficient (Wildman–Crippen LogP) is 3.87. The van der Waals surface area contributed by atoms with Crippen molar-refractivity contribution in [3.63, 3.8) is 0 Å². The number of nitrogens with one attached hydrogen (secondary N) is 2. The van der Waals surface area contributed by atoms with E-state index in [-0.39, 0.29) is 11.9 Å². The molecular formula is C16H24ClFN2O2. The SMILES string of the molecule is CCC(CNC(=O)OC(C)(C)C)NCc1ccc(Cl)cc1F. The van der Waals surface area contributed by atoms with E-state index in [0.717, 1.165) is 6.42 Å². The summed E-state index contributed by atoms with van der Waals surface area (Å²) in [5, 5.41) is 6.30. The maximum absolute atomic E-state index is 13.7. The Morgan fingerprint density at radius 3 is 2.64 bits per heavy atom. The van der Waals surface area contributed by atoms with Crippen molar-refractivity contribution < 1.29 is 13.9 Å². The van der Waals surface area contributed by atoms with E-state index < -0.39 is 11.7 Å². The van der Waals surface area contributed by atoms with Crippen LogP contribution in [-0.2, 0) is 11.3 Å². The molecule has 1 atom stereocenters. The first kappa shape index (κ1) is 18.7. The van der Waals surface area contributed by atoms with Gasteiger partial charge in [0.25, 0.3) is 0 Å². The van der Waals surface area contributed by atoms with Crippen molar-refractivity contribution in [2.75, 3.05) is 6.54 Å². The summed E-state index contributed by atoms with van der Waals surface area (Å²) in [7, 11) is 0. The van der Waals surface area contributed by atoms with Crippen molar-refractivity contribution >= 4 is 17.7 Å². The summed E-state index contributed by atoms with van der Waals surface area (Å²) in [6.07, 6.45) is 0.343. The highest BCUT2D eigenvalue weighted by Crippen LogP contribution is 2.14. The van der Waals surface area contributed by atoms with Crippen molar-refractivity contribution in [2.45, 2.75) is 52.3 Å². The second-order valence-electron chi connectivity index (χ2n) is 6.10. The van der Waals surface area contributed by atoms with Crippen LogP contribution in [0.1, 0.15) is 39.7 Å². The van der Waals surface area contributed by atoms with Crippen molar-refractivity contribution in [3.8, 4) is 0 Å². The van der Waals surface area contributed by atoms with Crippen LogP contribution in [0.25, 0.3) is 0 Å². The van der Waals surface area contributed by atoms with E-state index in [1.54, 1.807) is 12.1 Å². The molecule has 0 spiro atoms. The third-order valence-corrected chi connectivity index (χ3v) is 3.22. The Morgan fingerprint density at radius 2 is 2.09 bits per heavy atom. The van der Waals surface area contributed by atoms with Gasteiger partial charge in [-0.3, -0.25) is 0 Å². The molecule has 0 aliphatic heterocycles. The van der Waals surface area contributed by atoms with Crippen LogP contribution >= 0.6 is 11.6 Å². The summed E-state index contributed by atoms with van der Waals surface area (Å²) in [5.74, 6) is -0.338. The molecule has 1 unspecified atom stereocenters. The number of carbonyl (C=O) groups excluding carboxylic acids is 1. The van der Waals surface area contributed by atoms with Crippen LogP contribution in [0, 0.1) is 5.82 Å². The van der Waals surface area contributed by atoms with Gasteiger partial charge in [0.15, 0.2) is 0 Å². The number of halogens is 2. The standard InChI is InChI=1S/C16H24ClFN2O2/c1-5-13(10-20-15(21)22-16(2,3)4)19-9-11-6-7-12(17)8-14(11)18/h6-8,13,19H,5,9-10H2,1-4H3,(H,20,21). The van der Waals surface area contributed by atoms with E-state index in [1.807, 2.05) is 27.7 Å². The molecule has 6 heteroatoms. The summed E-state index contributed by atoms with van der Waals surface area (Å²) in [5.41, 5.74) is 0.0196. The molecule has 1 amide bonds. The zero-order valence-electron chi connectivity index (χ0n) is 13.5. The van der Waals surface area contributed by atoms with Gasteiger partial charge in [-0.1, -0.05) is 24.6 Å². The quantitative estimate of drug-likeness (QED) is 0.832. The number of ether oxygens (including phenoxy) is 1. The monoisotopic (exact) mass is 330 g/mol. The molecule has 0 aromatic heterocycles. The van der Waals surface area contributed by atoms with Crippen LogP contribution in [-0.4, -0.2) is 24.3 Å². The van der Waals surface area contributed by atoms with E-state index in [2.05, 4.69) is 10.6 Å². The zero-order chi connectivity index (χ0) is 16.8. The van der Waals surface area contributed by atoms with Crippen LogP contribution in [0.15, 0.2) is 18.2 Å². The van der Waals surface area contributed by atoms with Gasteiger partial charge in [-0.15, -0.1) is 0 Å². The molecule has 0 aliphatic rings. The van der Waals surface area contributed by atoms with Crippen LogP contribution in [0.4, 0.5) is 9.18 Å². The summed E-state index contributed by atoms with van der Waals surface area (Å²) in [6, 6.07) is 4.63. The molecular weight excluding hydrogens is 307 g/mol. The lowest BCUT2D eigenvalue weighted by Gasteiger charge is -2.22. The van der Waals surface area contributed by atoms with Crippen molar-refractivity contribution in [1.82, 2.24) is 10.6 Å². The topological polar surface area (TPSA) is 50.4 Å². The second-order valence-corrected chi connectivity index (χ2v) is 6.54. The number of carbonyl (C=O) groups is 1. The smallest absolute Gasteiger partial charge is 0.407 e. The first-order valence-corrected chi connectivity index (χ1v) is 7.73. The van der Waals surface area contributed by atoms with E-state index >= 15 is 0 Å². The first-order chi connectivity index (χ1) is 10.2. The Kier molecular flexibility index (Phi) is 7.10. The van der Waals surface area contributed by atoms with Gasteiger partial charge in [0, 0.05) is 29.7 Å². The molecule has 0 radical (unpaired) electrons. The third kappa shape index (κ3) is 7.09. The normalized spacial score (nSPS) is 12.8. The molecule has 0 bridgehead atoms. The average molecular weight is 331 g/mol. The van der Waals surface area contributed by atoms with Gasteiger partial charge in [0.1, 0.15) is 11.4 Å². The Balaban J connectivity index is 2.43. The fourth-order valence-corrected chi connectivity index (χ4v) is 1.96. The van der Waals surface area contributed by atoms with Crippen molar-refractivity contribution in [1.29, 1.82) is 0 Å². The fraction of sp³-hybridized carbons (Fsp3) is 0.562. The van der Waals surface area contributed by atoms with E-state index in [9.17, 15) is 9.18 Å². The number of hydrogen-bond acceptors (Lipinski definition) is 3. The number of amides is 1. The maximum atomic E-state index is 13.7. The molecule has 22 heavy (non-hydrogen) atoms. The summed E-state index contributed by atoms with van der Waals surface area (Å²) in [4.78, 5) is 11.6. The van der Waals surface area contributed by atoms with Crippen molar-refractivity contribution in [2.24, 2.45) is 0 Å². The lowest BCUT2D eigenvalue weighted by Crippen LogP contribution is -2.42. The largest absolute Gasteiger partial charge is 0.444 e. The van der Waals surface area contributed by atoms with Crippen LogP contribution < -0.4 is 10.6 Å². The molecule has 0 saturated heterocycles. The molecule has 2 N–H and O–H groups in total. The molecule has 1 aromatic rings. The minimum atomic E-state index is -0.522. The lowest BCUT2D eigenvalue weighted by atomic mass is 10.1. The Labute approximate surface area is 136 Å². The Hall–Kier alpha value is -1.33. The highest BCUT2D eigenvalue weighted by atomic mass is 35.5. The molecule has 0 saturated carbocycles. The van der Waals surface area contributed by atoms with E-state index in [4.69, 9.17) is 16.3 Å². The molecule has 1 rings (SSSR count). The molecule has 0 fully saturated rings. The summed E-state index contributed by atoms with van der Waals surface area (Å²) < 4.78 is 18.9. The second kappa shape index (κ2) is 8.34. The molecule has 1 aromatic carbocycles. The van der Waals surface area contributed by atoms with Gasteiger partial charge in [0.05, 0.1) is 0 Å². The molecule has 0 heterocycles. The summed E-state index contributed by atoms with van der Waals surface area (Å²) >= 11 is 5.72. The van der Waals surface area contributed by atoms with Crippen LogP contribution in [0.3, 0.4) is 0 Å². The molecule has 0 aliphatic carbocycles. The third-order valence-electron chi connectivity index (χ3n) is 2.98. The fourth-order valence-electron chi connectivity index (χ4n) is 1.80. The Morgan fingerprint density at radius 1 is 1.41 bits per heavy atom. The van der Waals surface area contributed by atoms with Crippen LogP contribution in [0.2, 0.25) is 5.02 Å². The van der Waals surface area contributed by atoms with Gasteiger partial charge in [-0.2, -0.15) is 0 Å². The van der Waals surface area contributed by atoms with Gasteiger partial charge in [-0.05, 0) is 39.3 Å². The first-order valence-electron chi connectivity index (χ1n) is 7.35. The number of alkyl carbamates (subject to hydrolysis) is 1. The zero-order valence-corrected chi connectivity index (χ0v) is 14.3. The molecule has 124 valence electrons. The van der Waals surface area contributed by atoms with Gasteiger partial charge >= 0.3 is 6.09 Å². The molecule has 4 nitrogen and oxygen atoms in total. The van der Waals surface area contributed by atoms with Gasteiger partial charge in [-0.25, -0.2) is 9.18 Å². The van der Waals surface area contributed by atoms with E-state index in [1.165, 1.54) is 6.07 Å². The van der Waals surface area contributed by atoms with Gasteiger partial charge in [0.2, 0.25) is 0 Å². The minimum Gasteiger partial charge on any atom is -0.444 e. The predicted molar refractivity (Wildman–Crippen MR) is 86.6 cm³/mol. The number of rotatable bonds is 6. The van der Waals surface area contributed by atoms with E-state index in [0.29, 0.717) is 23.7 Å². The average Bonchev–Trinajstić information content (AvgIpc) is 2.38. The Bertz CT molecular complexity index is 503. The van der Waals surface area contributed by atoms with Gasteiger partial charge < -0.3 is 15.4 Å². The highest BCUT2D eigenvalue weighted by Gasteiger charge is 2.17. The van der Waals surface area contributed by atoms with Crippen molar-refractivity contribution in [3.05, 3.63) is 34.6 Å². The highest BCUT2D eigenvalue weighted by molar-refractivity contribution is 6.30. The summed E-state index contributed by atoms with van der Waals surface area (Å²) in [6.45, 7) is 8.22. The minimum absolute atomic E-state index is 0.0302. The van der Waals surface area contributed by atoms with Crippen LogP contribution in [0.5, 0.6) is 0 Å².